The van der Waals surface area contributed by atoms with Gasteiger partial charge in [-0.1, -0.05) is 12.1 Å². The van der Waals surface area contributed by atoms with E-state index in [1.54, 1.807) is 19.1 Å². The predicted molar refractivity (Wildman–Crippen MR) is 75.4 cm³/mol. The van der Waals surface area contributed by atoms with Gasteiger partial charge in [0, 0.05) is 12.6 Å². The Kier molecular flexibility index (Phi) is 7.01. The van der Waals surface area contributed by atoms with Crippen molar-refractivity contribution in [1.82, 2.24) is 5.32 Å². The van der Waals surface area contributed by atoms with E-state index >= 15 is 0 Å². The van der Waals surface area contributed by atoms with E-state index in [1.165, 1.54) is 6.07 Å². The van der Waals surface area contributed by atoms with Crippen molar-refractivity contribution in [2.24, 2.45) is 0 Å². The van der Waals surface area contributed by atoms with Gasteiger partial charge in [-0.25, -0.2) is 0 Å². The topological polar surface area (TPSA) is 30.5 Å². The fourth-order valence-corrected chi connectivity index (χ4v) is 1.75. The average molecular weight is 285 g/mol. The van der Waals surface area contributed by atoms with Crippen molar-refractivity contribution in [3.8, 4) is 11.5 Å². The van der Waals surface area contributed by atoms with Crippen LogP contribution < -0.4 is 14.8 Å². The number of halogens is 2. The van der Waals surface area contributed by atoms with E-state index in [4.69, 9.17) is 4.74 Å². The lowest BCUT2D eigenvalue weighted by Gasteiger charge is -2.15. The Morgan fingerprint density at radius 1 is 1.35 bits per heavy atom. The molecule has 0 radical (unpaired) electrons. The Labute approximate surface area is 118 Å². The van der Waals surface area contributed by atoms with Gasteiger partial charge < -0.3 is 14.8 Å². The fourth-order valence-electron chi connectivity index (χ4n) is 1.75. The third-order valence-electron chi connectivity index (χ3n) is 2.70. The summed E-state index contributed by atoms with van der Waals surface area (Å²) in [6.07, 6.45) is 2.72. The van der Waals surface area contributed by atoms with E-state index in [0.717, 1.165) is 12.0 Å². The molecule has 1 unspecified atom stereocenters. The number of hydrogen-bond acceptors (Lipinski definition) is 3. The zero-order chi connectivity index (χ0) is 15.0. The molecule has 0 bridgehead atoms. The van der Waals surface area contributed by atoms with Crippen LogP contribution in [0.3, 0.4) is 0 Å². The summed E-state index contributed by atoms with van der Waals surface area (Å²) in [6, 6.07) is 5.27. The summed E-state index contributed by atoms with van der Waals surface area (Å²) in [5.41, 5.74) is 0.950. The molecule has 0 fully saturated rings. The maximum atomic E-state index is 12.3. The highest BCUT2D eigenvalue weighted by molar-refractivity contribution is 5.43. The SMILES string of the molecule is C=CCC(C)NCc1ccc(OC(F)F)c(OCC)c1. The predicted octanol–water partition coefficient (Wildman–Crippen LogP) is 3.74. The van der Waals surface area contributed by atoms with E-state index in [-0.39, 0.29) is 5.75 Å². The molecule has 1 N–H and O–H groups in total. The molecule has 0 saturated carbocycles. The first-order valence-electron chi connectivity index (χ1n) is 6.61. The monoisotopic (exact) mass is 285 g/mol. The molecule has 0 saturated heterocycles. The van der Waals surface area contributed by atoms with Crippen LogP contribution in [0.25, 0.3) is 0 Å². The Morgan fingerprint density at radius 2 is 2.10 bits per heavy atom. The van der Waals surface area contributed by atoms with Crippen molar-refractivity contribution in [3.05, 3.63) is 36.4 Å². The van der Waals surface area contributed by atoms with E-state index < -0.39 is 6.61 Å². The van der Waals surface area contributed by atoms with E-state index in [1.807, 2.05) is 6.08 Å². The van der Waals surface area contributed by atoms with E-state index in [0.29, 0.717) is 24.9 Å². The van der Waals surface area contributed by atoms with Crippen molar-refractivity contribution in [1.29, 1.82) is 0 Å². The minimum absolute atomic E-state index is 0.0599. The third-order valence-corrected chi connectivity index (χ3v) is 2.70. The first-order chi connectivity index (χ1) is 9.56. The summed E-state index contributed by atoms with van der Waals surface area (Å²) in [7, 11) is 0. The molecule has 1 aromatic carbocycles. The van der Waals surface area contributed by atoms with Crippen LogP contribution in [0.5, 0.6) is 11.5 Å². The Balaban J connectivity index is 2.73. The van der Waals surface area contributed by atoms with Crippen molar-refractivity contribution in [2.45, 2.75) is 39.5 Å². The Bertz CT molecular complexity index is 424. The highest BCUT2D eigenvalue weighted by Gasteiger charge is 2.11. The summed E-state index contributed by atoms with van der Waals surface area (Å²) < 4.78 is 34.3. The van der Waals surface area contributed by atoms with Gasteiger partial charge in [0.25, 0.3) is 0 Å². The standard InChI is InChI=1S/C15H21F2NO2/c1-4-6-11(3)18-10-12-7-8-13(20-15(16)17)14(9-12)19-5-2/h4,7-9,11,15,18H,1,5-6,10H2,2-3H3. The summed E-state index contributed by atoms with van der Waals surface area (Å²) in [6.45, 7) is 5.70. The molecule has 1 aromatic rings. The average Bonchev–Trinajstić information content (AvgIpc) is 2.39. The first-order valence-corrected chi connectivity index (χ1v) is 6.61. The normalized spacial score (nSPS) is 12.2. The van der Waals surface area contributed by atoms with Gasteiger partial charge in [0.2, 0.25) is 0 Å². The first kappa shape index (κ1) is 16.4. The summed E-state index contributed by atoms with van der Waals surface area (Å²) in [5, 5.41) is 3.31. The van der Waals surface area contributed by atoms with Crippen LogP contribution in [0.1, 0.15) is 25.8 Å². The van der Waals surface area contributed by atoms with Crippen molar-refractivity contribution >= 4 is 0 Å². The van der Waals surface area contributed by atoms with Gasteiger partial charge in [-0.15, -0.1) is 6.58 Å². The second-order valence-corrected chi connectivity index (χ2v) is 4.40. The molecule has 0 amide bonds. The molecule has 1 atom stereocenters. The molecule has 3 nitrogen and oxygen atoms in total. The van der Waals surface area contributed by atoms with Gasteiger partial charge in [-0.2, -0.15) is 8.78 Å². The second-order valence-electron chi connectivity index (χ2n) is 4.40. The highest BCUT2D eigenvalue weighted by atomic mass is 19.3. The van der Waals surface area contributed by atoms with Crippen LogP contribution >= 0.6 is 0 Å². The van der Waals surface area contributed by atoms with Crippen LogP contribution in [0.4, 0.5) is 8.78 Å². The van der Waals surface area contributed by atoms with Gasteiger partial charge in [0.1, 0.15) is 0 Å². The molecule has 0 aliphatic rings. The van der Waals surface area contributed by atoms with Crippen LogP contribution in [-0.2, 0) is 6.54 Å². The minimum Gasteiger partial charge on any atom is -0.490 e. The molecular weight excluding hydrogens is 264 g/mol. The molecular formula is C15H21F2NO2. The lowest BCUT2D eigenvalue weighted by Crippen LogP contribution is -2.24. The van der Waals surface area contributed by atoms with E-state index in [9.17, 15) is 8.78 Å². The number of hydrogen-bond donors (Lipinski definition) is 1. The van der Waals surface area contributed by atoms with Gasteiger partial charge >= 0.3 is 6.61 Å². The number of nitrogens with one attached hydrogen (secondary N) is 1. The lowest BCUT2D eigenvalue weighted by atomic mass is 10.1. The largest absolute Gasteiger partial charge is 0.490 e. The summed E-state index contributed by atoms with van der Waals surface area (Å²) >= 11 is 0. The summed E-state index contributed by atoms with van der Waals surface area (Å²) in [4.78, 5) is 0. The molecule has 0 aromatic heterocycles. The van der Waals surface area contributed by atoms with Gasteiger partial charge in [-0.05, 0) is 38.0 Å². The molecule has 20 heavy (non-hydrogen) atoms. The van der Waals surface area contributed by atoms with E-state index in [2.05, 4.69) is 23.6 Å². The quantitative estimate of drug-likeness (QED) is 0.701. The number of ether oxygens (including phenoxy) is 2. The van der Waals surface area contributed by atoms with Crippen molar-refractivity contribution < 1.29 is 18.3 Å². The molecule has 0 spiro atoms. The number of alkyl halides is 2. The van der Waals surface area contributed by atoms with Gasteiger partial charge in [0.15, 0.2) is 11.5 Å². The van der Waals surface area contributed by atoms with Gasteiger partial charge in [0.05, 0.1) is 6.61 Å². The van der Waals surface area contributed by atoms with Crippen LogP contribution in [-0.4, -0.2) is 19.3 Å². The van der Waals surface area contributed by atoms with Crippen molar-refractivity contribution in [2.75, 3.05) is 6.61 Å². The number of rotatable bonds is 9. The van der Waals surface area contributed by atoms with Crippen molar-refractivity contribution in [3.63, 3.8) is 0 Å². The van der Waals surface area contributed by atoms with Gasteiger partial charge in [-0.3, -0.25) is 0 Å². The fraction of sp³-hybridized carbons (Fsp3) is 0.467. The molecule has 112 valence electrons. The molecule has 0 aliphatic heterocycles. The number of benzene rings is 1. The Hall–Kier alpha value is -1.62. The molecule has 5 heteroatoms. The summed E-state index contributed by atoms with van der Waals surface area (Å²) in [5.74, 6) is 0.396. The second kappa shape index (κ2) is 8.53. The Morgan fingerprint density at radius 3 is 2.70 bits per heavy atom. The maximum absolute atomic E-state index is 12.3. The molecule has 0 heterocycles. The zero-order valence-corrected chi connectivity index (χ0v) is 11.9. The molecule has 0 aliphatic carbocycles. The third kappa shape index (κ3) is 5.57. The lowest BCUT2D eigenvalue weighted by molar-refractivity contribution is -0.0514. The van der Waals surface area contributed by atoms with Crippen LogP contribution in [0.15, 0.2) is 30.9 Å². The highest BCUT2D eigenvalue weighted by Crippen LogP contribution is 2.29. The molecule has 1 rings (SSSR count). The van der Waals surface area contributed by atoms with Crippen LogP contribution in [0, 0.1) is 0 Å². The maximum Gasteiger partial charge on any atom is 0.387 e. The van der Waals surface area contributed by atoms with Crippen LogP contribution in [0.2, 0.25) is 0 Å². The minimum atomic E-state index is -2.86. The zero-order valence-electron chi connectivity index (χ0n) is 11.9. The smallest absolute Gasteiger partial charge is 0.387 e.